The Kier molecular flexibility index (Phi) is 4.35. The molecule has 1 amide bonds. The first-order valence-electron chi connectivity index (χ1n) is 7.56. The van der Waals surface area contributed by atoms with Crippen LogP contribution in [0.4, 0.5) is 0 Å². The molecule has 0 saturated heterocycles. The number of aliphatic carboxylic acids is 1. The fourth-order valence-corrected chi connectivity index (χ4v) is 3.17. The van der Waals surface area contributed by atoms with Crippen molar-refractivity contribution in [3.63, 3.8) is 0 Å². The summed E-state index contributed by atoms with van der Waals surface area (Å²) in [5.41, 5.74) is -1.19. The molecule has 21 heavy (non-hydrogen) atoms. The van der Waals surface area contributed by atoms with Crippen molar-refractivity contribution in [3.05, 3.63) is 35.9 Å². The maximum atomic E-state index is 12.7. The van der Waals surface area contributed by atoms with Gasteiger partial charge in [0, 0.05) is 5.41 Å². The van der Waals surface area contributed by atoms with E-state index >= 15 is 0 Å². The number of nitrogens with one attached hydrogen (secondary N) is 1. The van der Waals surface area contributed by atoms with Gasteiger partial charge in [0.1, 0.15) is 0 Å². The summed E-state index contributed by atoms with van der Waals surface area (Å²) in [6.07, 6.45) is 4.52. The molecule has 0 aromatic heterocycles. The van der Waals surface area contributed by atoms with Crippen LogP contribution in [0.15, 0.2) is 30.3 Å². The van der Waals surface area contributed by atoms with E-state index in [1.54, 1.807) is 31.2 Å². The molecule has 2 N–H and O–H groups in total. The Bertz CT molecular complexity index is 520. The van der Waals surface area contributed by atoms with Crippen molar-refractivity contribution >= 4 is 11.9 Å². The monoisotopic (exact) mass is 289 g/mol. The zero-order chi connectivity index (χ0) is 15.5. The van der Waals surface area contributed by atoms with E-state index in [4.69, 9.17) is 0 Å². The minimum Gasteiger partial charge on any atom is -0.479 e. The van der Waals surface area contributed by atoms with Gasteiger partial charge in [-0.2, -0.15) is 0 Å². The van der Waals surface area contributed by atoms with Gasteiger partial charge in [0.05, 0.1) is 0 Å². The quantitative estimate of drug-likeness (QED) is 0.875. The third kappa shape index (κ3) is 2.80. The van der Waals surface area contributed by atoms with E-state index in [-0.39, 0.29) is 5.91 Å². The highest BCUT2D eigenvalue weighted by atomic mass is 16.4. The highest BCUT2D eigenvalue weighted by Gasteiger charge is 2.45. The van der Waals surface area contributed by atoms with Crippen LogP contribution >= 0.6 is 0 Å². The second-order valence-corrected chi connectivity index (χ2v) is 6.09. The minimum absolute atomic E-state index is 0.128. The van der Waals surface area contributed by atoms with Crippen LogP contribution in [-0.4, -0.2) is 17.0 Å². The Labute approximate surface area is 125 Å². The Hall–Kier alpha value is -1.84. The standard InChI is InChI=1S/C17H23NO3/c1-3-17(11-7-8-12-17)14(19)18-16(2,15(20)21)13-9-5-4-6-10-13/h4-6,9-10H,3,7-8,11-12H2,1-2H3,(H,18,19)(H,20,21). The maximum absolute atomic E-state index is 12.7. The van der Waals surface area contributed by atoms with Crippen molar-refractivity contribution in [2.75, 3.05) is 0 Å². The first kappa shape index (κ1) is 15.5. The van der Waals surface area contributed by atoms with Crippen molar-refractivity contribution in [1.82, 2.24) is 5.32 Å². The second kappa shape index (κ2) is 5.88. The summed E-state index contributed by atoms with van der Waals surface area (Å²) in [5.74, 6) is -1.16. The zero-order valence-electron chi connectivity index (χ0n) is 12.7. The third-order valence-corrected chi connectivity index (χ3v) is 4.86. The Morgan fingerprint density at radius 1 is 1.24 bits per heavy atom. The van der Waals surface area contributed by atoms with Crippen LogP contribution in [0.3, 0.4) is 0 Å². The number of amides is 1. The van der Waals surface area contributed by atoms with E-state index in [0.717, 1.165) is 32.1 Å². The molecular formula is C17H23NO3. The average Bonchev–Trinajstić information content (AvgIpc) is 2.98. The number of carbonyl (C=O) groups is 2. The molecule has 1 aliphatic carbocycles. The first-order chi connectivity index (χ1) is 9.94. The van der Waals surface area contributed by atoms with Crippen molar-refractivity contribution in [2.45, 2.75) is 51.5 Å². The highest BCUT2D eigenvalue weighted by Crippen LogP contribution is 2.42. The van der Waals surface area contributed by atoms with Crippen molar-refractivity contribution in [1.29, 1.82) is 0 Å². The molecule has 0 spiro atoms. The van der Waals surface area contributed by atoms with Crippen molar-refractivity contribution in [2.24, 2.45) is 5.41 Å². The number of carboxylic acids is 1. The molecule has 1 aliphatic rings. The summed E-state index contributed by atoms with van der Waals surface area (Å²) in [6, 6.07) is 8.88. The molecule has 0 radical (unpaired) electrons. The topological polar surface area (TPSA) is 66.4 Å². The van der Waals surface area contributed by atoms with Gasteiger partial charge in [0.25, 0.3) is 0 Å². The van der Waals surface area contributed by atoms with E-state index in [0.29, 0.717) is 5.56 Å². The average molecular weight is 289 g/mol. The lowest BCUT2D eigenvalue weighted by atomic mass is 9.80. The summed E-state index contributed by atoms with van der Waals surface area (Å²) in [5, 5.41) is 12.4. The molecule has 114 valence electrons. The van der Waals surface area contributed by atoms with Gasteiger partial charge in [-0.3, -0.25) is 4.79 Å². The van der Waals surface area contributed by atoms with Gasteiger partial charge in [-0.15, -0.1) is 0 Å². The van der Waals surface area contributed by atoms with E-state index in [1.807, 2.05) is 13.0 Å². The molecule has 1 atom stereocenters. The predicted octanol–water partition coefficient (Wildman–Crippen LogP) is 3.07. The van der Waals surface area contributed by atoms with Crippen LogP contribution in [0.25, 0.3) is 0 Å². The second-order valence-electron chi connectivity index (χ2n) is 6.09. The molecular weight excluding hydrogens is 266 g/mol. The predicted molar refractivity (Wildman–Crippen MR) is 80.8 cm³/mol. The SMILES string of the molecule is CCC1(C(=O)NC(C)(C(=O)O)c2ccccc2)CCCC1. The van der Waals surface area contributed by atoms with Gasteiger partial charge < -0.3 is 10.4 Å². The number of carbonyl (C=O) groups excluding carboxylic acids is 1. The molecule has 1 aromatic carbocycles. The number of benzene rings is 1. The van der Waals surface area contributed by atoms with Crippen LogP contribution in [0.2, 0.25) is 0 Å². The molecule has 4 heteroatoms. The Balaban J connectivity index is 2.29. The summed E-state index contributed by atoms with van der Waals surface area (Å²) in [7, 11) is 0. The zero-order valence-corrected chi connectivity index (χ0v) is 12.7. The molecule has 4 nitrogen and oxygen atoms in total. The molecule has 2 rings (SSSR count). The van der Waals surface area contributed by atoms with Crippen LogP contribution in [0.5, 0.6) is 0 Å². The number of hydrogen-bond acceptors (Lipinski definition) is 2. The molecule has 0 aliphatic heterocycles. The summed E-state index contributed by atoms with van der Waals surface area (Å²) >= 11 is 0. The van der Waals surface area contributed by atoms with Crippen LogP contribution in [-0.2, 0) is 15.1 Å². The number of hydrogen-bond donors (Lipinski definition) is 2. The van der Waals surface area contributed by atoms with Gasteiger partial charge >= 0.3 is 5.97 Å². The first-order valence-corrected chi connectivity index (χ1v) is 7.56. The van der Waals surface area contributed by atoms with Crippen LogP contribution in [0.1, 0.15) is 51.5 Å². The smallest absolute Gasteiger partial charge is 0.333 e. The maximum Gasteiger partial charge on any atom is 0.333 e. The van der Waals surface area contributed by atoms with Gasteiger partial charge in [0.15, 0.2) is 5.54 Å². The van der Waals surface area contributed by atoms with E-state index in [2.05, 4.69) is 5.32 Å². The van der Waals surface area contributed by atoms with E-state index < -0.39 is 16.9 Å². The van der Waals surface area contributed by atoms with Crippen LogP contribution < -0.4 is 5.32 Å². The molecule has 0 bridgehead atoms. The summed E-state index contributed by atoms with van der Waals surface area (Å²) in [6.45, 7) is 3.56. The lowest BCUT2D eigenvalue weighted by Gasteiger charge is -2.33. The van der Waals surface area contributed by atoms with Gasteiger partial charge in [-0.25, -0.2) is 4.79 Å². The van der Waals surface area contributed by atoms with Crippen LogP contribution in [0, 0.1) is 5.41 Å². The molecule has 1 fully saturated rings. The Morgan fingerprint density at radius 2 is 1.81 bits per heavy atom. The lowest BCUT2D eigenvalue weighted by molar-refractivity contribution is -0.149. The number of carboxylic acid groups (broad SMARTS) is 1. The molecule has 0 heterocycles. The summed E-state index contributed by atoms with van der Waals surface area (Å²) in [4.78, 5) is 24.5. The Morgan fingerprint density at radius 3 is 2.29 bits per heavy atom. The lowest BCUT2D eigenvalue weighted by Crippen LogP contribution is -2.53. The molecule has 1 saturated carbocycles. The van der Waals surface area contributed by atoms with Gasteiger partial charge in [-0.05, 0) is 31.7 Å². The fourth-order valence-electron chi connectivity index (χ4n) is 3.17. The van der Waals surface area contributed by atoms with Gasteiger partial charge in [-0.1, -0.05) is 50.1 Å². The molecule has 1 aromatic rings. The highest BCUT2D eigenvalue weighted by molar-refractivity contribution is 5.90. The van der Waals surface area contributed by atoms with E-state index in [1.165, 1.54) is 0 Å². The normalized spacial score (nSPS) is 19.7. The largest absolute Gasteiger partial charge is 0.479 e. The summed E-state index contributed by atoms with van der Waals surface area (Å²) < 4.78 is 0. The third-order valence-electron chi connectivity index (χ3n) is 4.86. The minimum atomic E-state index is -1.39. The van der Waals surface area contributed by atoms with Crippen molar-refractivity contribution < 1.29 is 14.7 Å². The van der Waals surface area contributed by atoms with E-state index in [9.17, 15) is 14.7 Å². The van der Waals surface area contributed by atoms with Gasteiger partial charge in [0.2, 0.25) is 5.91 Å². The number of rotatable bonds is 5. The van der Waals surface area contributed by atoms with Crippen molar-refractivity contribution in [3.8, 4) is 0 Å². The molecule has 1 unspecified atom stereocenters. The fraction of sp³-hybridized carbons (Fsp3) is 0.529.